The molecule has 1 aliphatic rings. The number of carboxylic acids is 1. The molecule has 2 aromatic carbocycles. The largest absolute Gasteiger partial charge is 0.481 e. The second-order valence-electron chi connectivity index (χ2n) is 9.36. The van der Waals surface area contributed by atoms with Gasteiger partial charge >= 0.3 is 0 Å². The first-order valence-electron chi connectivity index (χ1n) is 12.3. The monoisotopic (exact) mass is 530 g/mol. The van der Waals surface area contributed by atoms with E-state index in [0.29, 0.717) is 5.82 Å². The van der Waals surface area contributed by atoms with Crippen molar-refractivity contribution in [1.82, 2.24) is 30.0 Å². The van der Waals surface area contributed by atoms with E-state index in [-0.39, 0.29) is 5.95 Å². The fourth-order valence-electron chi connectivity index (χ4n) is 4.50. The van der Waals surface area contributed by atoms with E-state index in [2.05, 4.69) is 78.7 Å². The number of piperazine rings is 1. The number of nitrogens with two attached hydrogens (primary N) is 1. The van der Waals surface area contributed by atoms with Gasteiger partial charge < -0.3 is 21.1 Å². The zero-order valence-electron chi connectivity index (χ0n) is 21.3. The van der Waals surface area contributed by atoms with E-state index in [0.717, 1.165) is 61.8 Å². The summed E-state index contributed by atoms with van der Waals surface area (Å²) >= 11 is 1.80. The molecule has 0 aliphatic carbocycles. The second kappa shape index (κ2) is 11.1. The van der Waals surface area contributed by atoms with Crippen LogP contribution in [0.4, 0.5) is 17.5 Å². The topological polar surface area (TPSA) is 136 Å². The molecule has 0 bridgehead atoms. The summed E-state index contributed by atoms with van der Waals surface area (Å²) in [6.07, 6.45) is 3.49. The number of rotatable bonds is 5. The maximum Gasteiger partial charge on any atom is 0.300 e. The lowest BCUT2D eigenvalue weighted by Crippen LogP contribution is -2.43. The second-order valence-corrected chi connectivity index (χ2v) is 10.4. The number of hydrogen-bond donors (Lipinski definition) is 4. The van der Waals surface area contributed by atoms with E-state index < -0.39 is 5.97 Å². The van der Waals surface area contributed by atoms with Crippen LogP contribution >= 0.6 is 11.3 Å². The third kappa shape index (κ3) is 6.08. The van der Waals surface area contributed by atoms with Gasteiger partial charge in [-0.1, -0.05) is 6.07 Å². The summed E-state index contributed by atoms with van der Waals surface area (Å²) in [6, 6.07) is 15.1. The number of likely N-dealkylation sites (N-methyl/N-ethyl adjacent to an activating group) is 1. The van der Waals surface area contributed by atoms with Crippen LogP contribution in [0, 0.1) is 0 Å². The Morgan fingerprint density at radius 1 is 1.13 bits per heavy atom. The molecule has 1 aliphatic heterocycles. The minimum atomic E-state index is -0.833. The van der Waals surface area contributed by atoms with Crippen LogP contribution in [0.25, 0.3) is 31.4 Å². The number of thiophene rings is 1. The SMILES string of the molecule is CC(=O)O.CN1CCN(Cc2ccc3sc(-c4cc(Nc5ccnc(N)n5)cc5cn[nH]c45)cc3c2)CC1. The Morgan fingerprint density at radius 3 is 2.68 bits per heavy atom. The van der Waals surface area contributed by atoms with Crippen LogP contribution in [0.3, 0.4) is 0 Å². The molecule has 0 radical (unpaired) electrons. The zero-order valence-corrected chi connectivity index (χ0v) is 22.1. The molecule has 1 fully saturated rings. The Kier molecular flexibility index (Phi) is 7.50. The molecule has 5 N–H and O–H groups in total. The Labute approximate surface area is 224 Å². The number of fused-ring (bicyclic) bond motifs is 2. The van der Waals surface area contributed by atoms with Crippen molar-refractivity contribution in [2.45, 2.75) is 13.5 Å². The molecule has 0 unspecified atom stereocenters. The lowest BCUT2D eigenvalue weighted by atomic mass is 10.1. The molecular formula is C27H30N8O2S. The highest BCUT2D eigenvalue weighted by atomic mass is 32.1. The third-order valence-corrected chi connectivity index (χ3v) is 7.49. The first-order valence-corrected chi connectivity index (χ1v) is 13.1. The average molecular weight is 531 g/mol. The van der Waals surface area contributed by atoms with Gasteiger partial charge in [-0.2, -0.15) is 10.1 Å². The van der Waals surface area contributed by atoms with Gasteiger partial charge in [0.15, 0.2) is 0 Å². The van der Waals surface area contributed by atoms with Crippen molar-refractivity contribution in [2.75, 3.05) is 44.3 Å². The molecule has 11 heteroatoms. The van der Waals surface area contributed by atoms with E-state index in [1.165, 1.54) is 20.5 Å². The fourth-order valence-corrected chi connectivity index (χ4v) is 5.57. The number of anilines is 3. The average Bonchev–Trinajstić information content (AvgIpc) is 3.51. The van der Waals surface area contributed by atoms with E-state index in [4.69, 9.17) is 15.6 Å². The van der Waals surface area contributed by atoms with Crippen molar-refractivity contribution in [3.05, 3.63) is 60.4 Å². The highest BCUT2D eigenvalue weighted by Gasteiger charge is 2.15. The molecule has 10 nitrogen and oxygen atoms in total. The highest BCUT2D eigenvalue weighted by Crippen LogP contribution is 2.39. The summed E-state index contributed by atoms with van der Waals surface area (Å²) in [5.74, 6) is 0.0673. The van der Waals surface area contributed by atoms with E-state index in [9.17, 15) is 0 Å². The zero-order chi connectivity index (χ0) is 26.6. The number of aromatic amines is 1. The molecule has 1 saturated heterocycles. The predicted molar refractivity (Wildman–Crippen MR) is 153 cm³/mol. The van der Waals surface area contributed by atoms with Crippen LogP contribution in [0.2, 0.25) is 0 Å². The van der Waals surface area contributed by atoms with Crippen LogP contribution < -0.4 is 11.1 Å². The standard InChI is InChI=1S/C25H26N8S.C2H4O2/c1-32-6-8-33(9-7-32)15-16-2-3-21-17(10-16)12-22(34-21)20-13-19(11-18-14-28-31-24(18)20)29-23-4-5-27-25(26)30-23;1-2(3)4/h2-5,10-14H,6-9,15H2,1H3,(H,28,31)(H3,26,27,29,30);1H3,(H,3,4). The Morgan fingerprint density at radius 2 is 1.92 bits per heavy atom. The van der Waals surface area contributed by atoms with E-state index in [1.807, 2.05) is 6.20 Å². The van der Waals surface area contributed by atoms with Gasteiger partial charge in [-0.3, -0.25) is 14.8 Å². The fraction of sp³-hybridized carbons (Fsp3) is 0.259. The Hall–Kier alpha value is -4.06. The van der Waals surface area contributed by atoms with Gasteiger partial charge in [0.25, 0.3) is 5.97 Å². The maximum absolute atomic E-state index is 9.00. The molecule has 196 valence electrons. The van der Waals surface area contributed by atoms with Crippen molar-refractivity contribution in [1.29, 1.82) is 0 Å². The van der Waals surface area contributed by atoms with E-state index in [1.54, 1.807) is 23.6 Å². The van der Waals surface area contributed by atoms with Gasteiger partial charge in [0.05, 0.1) is 11.7 Å². The molecule has 0 spiro atoms. The number of aliphatic carboxylic acids is 1. The first-order chi connectivity index (χ1) is 18.3. The molecule has 0 atom stereocenters. The van der Waals surface area contributed by atoms with Crippen LogP contribution in [-0.2, 0) is 11.3 Å². The quantitative estimate of drug-likeness (QED) is 0.261. The molecular weight excluding hydrogens is 500 g/mol. The van der Waals surface area contributed by atoms with Crippen molar-refractivity contribution >= 4 is 55.7 Å². The summed E-state index contributed by atoms with van der Waals surface area (Å²) in [5.41, 5.74) is 10.2. The van der Waals surface area contributed by atoms with Crippen LogP contribution in [0.15, 0.2) is 54.9 Å². The Bertz CT molecular complexity index is 1570. The lowest BCUT2D eigenvalue weighted by Gasteiger charge is -2.32. The molecule has 5 aromatic rings. The minimum Gasteiger partial charge on any atom is -0.481 e. The molecule has 6 rings (SSSR count). The number of nitrogens with zero attached hydrogens (tertiary/aromatic N) is 5. The van der Waals surface area contributed by atoms with Crippen LogP contribution in [0.1, 0.15) is 12.5 Å². The summed E-state index contributed by atoms with van der Waals surface area (Å²) in [6.45, 7) is 6.60. The number of H-pyrrole nitrogens is 1. The van der Waals surface area contributed by atoms with Gasteiger partial charge in [0, 0.05) is 72.1 Å². The van der Waals surface area contributed by atoms with Gasteiger partial charge in [0.2, 0.25) is 5.95 Å². The van der Waals surface area contributed by atoms with Crippen molar-refractivity contribution < 1.29 is 9.90 Å². The van der Waals surface area contributed by atoms with Gasteiger partial charge in [-0.15, -0.1) is 11.3 Å². The van der Waals surface area contributed by atoms with Gasteiger partial charge in [-0.25, -0.2) is 4.98 Å². The smallest absolute Gasteiger partial charge is 0.300 e. The van der Waals surface area contributed by atoms with Gasteiger partial charge in [0.1, 0.15) is 5.82 Å². The molecule has 38 heavy (non-hydrogen) atoms. The third-order valence-electron chi connectivity index (χ3n) is 6.34. The number of carboxylic acid groups (broad SMARTS) is 1. The van der Waals surface area contributed by atoms with Crippen molar-refractivity contribution in [3.63, 3.8) is 0 Å². The molecule has 3 aromatic heterocycles. The summed E-state index contributed by atoms with van der Waals surface area (Å²) in [7, 11) is 2.19. The summed E-state index contributed by atoms with van der Waals surface area (Å²) < 4.78 is 1.28. The van der Waals surface area contributed by atoms with E-state index >= 15 is 0 Å². The number of aromatic nitrogens is 4. The van der Waals surface area contributed by atoms with Gasteiger partial charge in [-0.05, 0) is 54.4 Å². The number of nitrogen functional groups attached to an aromatic ring is 1. The lowest BCUT2D eigenvalue weighted by molar-refractivity contribution is -0.134. The summed E-state index contributed by atoms with van der Waals surface area (Å²) in [4.78, 5) is 23.4. The number of carbonyl (C=O) groups is 1. The number of nitrogens with one attached hydrogen (secondary N) is 2. The first kappa shape index (κ1) is 25.6. The predicted octanol–water partition coefficient (Wildman–Crippen LogP) is 4.40. The molecule has 0 amide bonds. The van der Waals surface area contributed by atoms with Crippen LogP contribution in [-0.4, -0.2) is 74.3 Å². The van der Waals surface area contributed by atoms with Crippen molar-refractivity contribution in [2.24, 2.45) is 0 Å². The number of benzene rings is 2. The molecule has 0 saturated carbocycles. The van der Waals surface area contributed by atoms with Crippen LogP contribution in [0.5, 0.6) is 0 Å². The Balaban J connectivity index is 0.000000689. The molecule has 4 heterocycles. The van der Waals surface area contributed by atoms with Crippen molar-refractivity contribution in [3.8, 4) is 10.4 Å². The maximum atomic E-state index is 9.00. The number of hydrogen-bond acceptors (Lipinski definition) is 9. The minimum absolute atomic E-state index is 0.242. The highest BCUT2D eigenvalue weighted by molar-refractivity contribution is 7.22. The summed E-state index contributed by atoms with van der Waals surface area (Å²) in [5, 5.41) is 20.5. The normalized spacial score (nSPS) is 14.4.